The summed E-state index contributed by atoms with van der Waals surface area (Å²) in [5.74, 6) is 4.08. The van der Waals surface area contributed by atoms with Crippen molar-refractivity contribution < 1.29 is 9.59 Å². The Hall–Kier alpha value is 1.62. The average molecular weight is 545 g/mol. The molecule has 0 aromatic heterocycles. The number of hydrogen-bond acceptors (Lipinski definition) is 10. The molecule has 0 saturated carbocycles. The standard InChI is InChI=1S/C19H28O2S8/c1-5-16(20)22-7-14-9-24-18(28-14)12(3)26-11-27-13(4)19-25-10-15(29-19)8-23-17(21)6-2/h5-6,12-15,18-19H,1-2,7-11H2,3-4H3. The molecule has 0 radical (unpaired) electrons. The molecule has 10 heteroatoms. The minimum absolute atomic E-state index is 0.0858. The van der Waals surface area contributed by atoms with E-state index in [0.29, 0.717) is 30.2 Å². The zero-order valence-electron chi connectivity index (χ0n) is 16.7. The highest BCUT2D eigenvalue weighted by molar-refractivity contribution is 8.25. The lowest BCUT2D eigenvalue weighted by Crippen LogP contribution is -2.14. The van der Waals surface area contributed by atoms with E-state index in [1.807, 2.05) is 47.0 Å². The highest BCUT2D eigenvalue weighted by atomic mass is 32.2. The van der Waals surface area contributed by atoms with Gasteiger partial charge < -0.3 is 0 Å². The quantitative estimate of drug-likeness (QED) is 0.202. The number of thioether (sulfide) groups is 8. The van der Waals surface area contributed by atoms with Gasteiger partial charge in [0.1, 0.15) is 0 Å². The maximum atomic E-state index is 11.4. The molecular weight excluding hydrogens is 517 g/mol. The first-order valence-electron chi connectivity index (χ1n) is 9.28. The molecule has 0 aliphatic carbocycles. The third-order valence-electron chi connectivity index (χ3n) is 4.13. The van der Waals surface area contributed by atoms with Crippen molar-refractivity contribution in [3.63, 3.8) is 0 Å². The Morgan fingerprint density at radius 1 is 0.897 bits per heavy atom. The van der Waals surface area contributed by atoms with Crippen LogP contribution in [0.2, 0.25) is 0 Å². The van der Waals surface area contributed by atoms with Gasteiger partial charge in [-0.05, 0) is 12.2 Å². The van der Waals surface area contributed by atoms with E-state index in [0.717, 1.165) is 28.1 Å². The van der Waals surface area contributed by atoms with Crippen molar-refractivity contribution in [2.24, 2.45) is 0 Å². The summed E-state index contributed by atoms with van der Waals surface area (Å²) in [7, 11) is 0. The van der Waals surface area contributed by atoms with Gasteiger partial charge in [-0.25, -0.2) is 0 Å². The lowest BCUT2D eigenvalue weighted by Gasteiger charge is -2.21. The lowest BCUT2D eigenvalue weighted by atomic mass is 10.5. The monoisotopic (exact) mass is 544 g/mol. The zero-order valence-corrected chi connectivity index (χ0v) is 23.2. The van der Waals surface area contributed by atoms with Crippen molar-refractivity contribution in [2.45, 2.75) is 44.0 Å². The molecule has 0 amide bonds. The van der Waals surface area contributed by atoms with Crippen molar-refractivity contribution in [1.82, 2.24) is 0 Å². The van der Waals surface area contributed by atoms with E-state index < -0.39 is 0 Å². The number of carbonyl (C=O) groups excluding carboxylic acids is 2. The molecule has 164 valence electrons. The summed E-state index contributed by atoms with van der Waals surface area (Å²) in [5, 5.41) is 3.68. The van der Waals surface area contributed by atoms with Gasteiger partial charge in [-0.3, -0.25) is 9.59 Å². The van der Waals surface area contributed by atoms with Gasteiger partial charge in [0.15, 0.2) is 0 Å². The van der Waals surface area contributed by atoms with Gasteiger partial charge >= 0.3 is 0 Å². The van der Waals surface area contributed by atoms with E-state index in [1.165, 1.54) is 35.7 Å². The van der Waals surface area contributed by atoms with E-state index in [4.69, 9.17) is 0 Å². The summed E-state index contributed by atoms with van der Waals surface area (Å²) < 4.78 is 1.25. The van der Waals surface area contributed by atoms with Crippen molar-refractivity contribution in [3.8, 4) is 0 Å². The van der Waals surface area contributed by atoms with Crippen LogP contribution in [-0.2, 0) is 9.59 Å². The van der Waals surface area contributed by atoms with Crippen LogP contribution in [0.3, 0.4) is 0 Å². The largest absolute Gasteiger partial charge is 0.282 e. The molecule has 2 saturated heterocycles. The molecule has 6 unspecified atom stereocenters. The molecule has 0 aromatic rings. The predicted molar refractivity (Wildman–Crippen MR) is 150 cm³/mol. The Balaban J connectivity index is 1.59. The van der Waals surface area contributed by atoms with Gasteiger partial charge in [-0.2, -0.15) is 0 Å². The molecule has 2 heterocycles. The third kappa shape index (κ3) is 9.96. The number of hydrogen-bond donors (Lipinski definition) is 0. The van der Waals surface area contributed by atoms with Crippen molar-refractivity contribution in [3.05, 3.63) is 25.3 Å². The molecule has 2 aliphatic heterocycles. The zero-order chi connectivity index (χ0) is 21.2. The topological polar surface area (TPSA) is 34.1 Å². The van der Waals surface area contributed by atoms with Crippen LogP contribution in [0.15, 0.2) is 25.3 Å². The summed E-state index contributed by atoms with van der Waals surface area (Å²) in [6.45, 7) is 11.8. The third-order valence-corrected chi connectivity index (χ3v) is 17.3. The molecule has 29 heavy (non-hydrogen) atoms. The van der Waals surface area contributed by atoms with E-state index in [2.05, 4.69) is 50.5 Å². The predicted octanol–water partition coefficient (Wildman–Crippen LogP) is 6.43. The molecule has 2 fully saturated rings. The van der Waals surface area contributed by atoms with E-state index >= 15 is 0 Å². The van der Waals surface area contributed by atoms with Gasteiger partial charge in [-0.15, -0.1) is 70.6 Å². The Kier molecular flexibility index (Phi) is 13.6. The normalized spacial score (nSPS) is 28.8. The Morgan fingerprint density at radius 3 is 1.69 bits per heavy atom. The minimum atomic E-state index is 0.0858. The smallest absolute Gasteiger partial charge is 0.211 e. The minimum Gasteiger partial charge on any atom is -0.282 e. The highest BCUT2D eigenvalue weighted by Crippen LogP contribution is 2.47. The lowest BCUT2D eigenvalue weighted by molar-refractivity contribution is -0.107. The summed E-state index contributed by atoms with van der Waals surface area (Å²) in [6.07, 6.45) is 2.82. The van der Waals surface area contributed by atoms with Crippen molar-refractivity contribution >= 4 is 104 Å². The van der Waals surface area contributed by atoms with Crippen LogP contribution in [0.25, 0.3) is 0 Å². The van der Waals surface area contributed by atoms with Gasteiger partial charge in [0.2, 0.25) is 10.2 Å². The number of rotatable bonds is 12. The van der Waals surface area contributed by atoms with Gasteiger partial charge in [0.25, 0.3) is 0 Å². The molecule has 0 aromatic carbocycles. The Labute approximate surface area is 209 Å². The van der Waals surface area contributed by atoms with Crippen LogP contribution in [0.4, 0.5) is 0 Å². The van der Waals surface area contributed by atoms with Crippen LogP contribution in [0.5, 0.6) is 0 Å². The van der Waals surface area contributed by atoms with E-state index in [-0.39, 0.29) is 10.2 Å². The molecule has 2 aliphatic rings. The highest BCUT2D eigenvalue weighted by Gasteiger charge is 2.32. The molecule has 0 bridgehead atoms. The van der Waals surface area contributed by atoms with Crippen molar-refractivity contribution in [2.75, 3.05) is 28.1 Å². The summed E-state index contributed by atoms with van der Waals surface area (Å²) >= 11 is 15.1. The first kappa shape index (κ1) is 26.9. The maximum Gasteiger partial charge on any atom is 0.211 e. The second kappa shape index (κ2) is 14.7. The maximum absolute atomic E-state index is 11.4. The fourth-order valence-electron chi connectivity index (χ4n) is 2.49. The molecular formula is C19H28O2S8. The average Bonchev–Trinajstić information content (AvgIpc) is 3.39. The number of carbonyl (C=O) groups is 2. The van der Waals surface area contributed by atoms with Crippen LogP contribution in [-0.4, -0.2) is 68.5 Å². The first-order valence-corrected chi connectivity index (χ1v) is 17.3. The molecule has 0 N–H and O–H groups in total. The van der Waals surface area contributed by atoms with Crippen LogP contribution in [0, 0.1) is 0 Å². The molecule has 6 atom stereocenters. The Morgan fingerprint density at radius 2 is 1.31 bits per heavy atom. The Bertz CT molecular complexity index is 524. The van der Waals surface area contributed by atoms with Crippen LogP contribution < -0.4 is 0 Å². The second-order valence-electron chi connectivity index (χ2n) is 6.45. The fraction of sp³-hybridized carbons (Fsp3) is 0.684. The van der Waals surface area contributed by atoms with E-state index in [9.17, 15) is 9.59 Å². The molecule has 2 rings (SSSR count). The first-order chi connectivity index (χ1) is 13.9. The van der Waals surface area contributed by atoms with Crippen molar-refractivity contribution in [1.29, 1.82) is 0 Å². The summed E-state index contributed by atoms with van der Waals surface area (Å²) in [4.78, 5) is 22.8. The SMILES string of the molecule is C=CC(=O)SCC1CSC(C(C)SCSC(C)C2SCC(CSC(=O)C=C)S2)S1. The van der Waals surface area contributed by atoms with Gasteiger partial charge in [0, 0.05) is 49.1 Å². The van der Waals surface area contributed by atoms with E-state index in [1.54, 1.807) is 0 Å². The van der Waals surface area contributed by atoms with Crippen LogP contribution >= 0.6 is 94.1 Å². The second-order valence-corrected chi connectivity index (χ2v) is 17.4. The van der Waals surface area contributed by atoms with Gasteiger partial charge in [0.05, 0.1) is 9.16 Å². The summed E-state index contributed by atoms with van der Waals surface area (Å²) in [6, 6.07) is 0. The van der Waals surface area contributed by atoms with Crippen LogP contribution in [0.1, 0.15) is 13.8 Å². The molecule has 2 nitrogen and oxygen atoms in total. The summed E-state index contributed by atoms with van der Waals surface area (Å²) in [5.41, 5.74) is 0. The molecule has 0 spiro atoms. The van der Waals surface area contributed by atoms with Gasteiger partial charge in [-0.1, -0.05) is 50.5 Å². The fourth-order valence-corrected chi connectivity index (χ4v) is 15.1.